The van der Waals surface area contributed by atoms with Crippen LogP contribution in [0.2, 0.25) is 0 Å². The lowest BCUT2D eigenvalue weighted by Gasteiger charge is -2.10. The quantitative estimate of drug-likeness (QED) is 0.708. The van der Waals surface area contributed by atoms with Crippen LogP contribution in [0.15, 0.2) is 35.4 Å². The van der Waals surface area contributed by atoms with E-state index in [4.69, 9.17) is 0 Å². The second kappa shape index (κ2) is 9.40. The van der Waals surface area contributed by atoms with Crippen LogP contribution in [0.1, 0.15) is 42.7 Å². The summed E-state index contributed by atoms with van der Waals surface area (Å²) in [6, 6.07) is 11.9. The summed E-state index contributed by atoms with van der Waals surface area (Å²) in [7, 11) is 0. The van der Waals surface area contributed by atoms with Crippen LogP contribution < -0.4 is 5.32 Å². The third-order valence-corrected chi connectivity index (χ3v) is 4.87. The van der Waals surface area contributed by atoms with Gasteiger partial charge in [0.2, 0.25) is 5.91 Å². The largest absolute Gasteiger partial charge is 0.326 e. The number of hydrogen-bond acceptors (Lipinski definition) is 4. The summed E-state index contributed by atoms with van der Waals surface area (Å²) in [5.74, 6) is 1.07. The summed E-state index contributed by atoms with van der Waals surface area (Å²) in [6.07, 6.45) is 1.26. The van der Waals surface area contributed by atoms with Crippen molar-refractivity contribution in [2.45, 2.75) is 45.6 Å². The summed E-state index contributed by atoms with van der Waals surface area (Å²) >= 11 is 1.46. The van der Waals surface area contributed by atoms with Crippen molar-refractivity contribution in [2.75, 3.05) is 11.1 Å². The van der Waals surface area contributed by atoms with Crippen molar-refractivity contribution >= 4 is 23.4 Å². The van der Waals surface area contributed by atoms with Gasteiger partial charge >= 0.3 is 0 Å². The molecule has 2 rings (SSSR count). The van der Waals surface area contributed by atoms with Crippen molar-refractivity contribution in [1.82, 2.24) is 4.98 Å². The fraction of sp³-hybridized carbons (Fsp3) is 0.381. The van der Waals surface area contributed by atoms with E-state index in [-0.39, 0.29) is 5.91 Å². The number of amides is 1. The highest BCUT2D eigenvalue weighted by molar-refractivity contribution is 7.99. The maximum absolute atomic E-state index is 12.2. The van der Waals surface area contributed by atoms with E-state index in [1.54, 1.807) is 0 Å². The van der Waals surface area contributed by atoms with Crippen molar-refractivity contribution in [3.63, 3.8) is 0 Å². The molecule has 0 unspecified atom stereocenters. The molecule has 2 aromatic rings. The van der Waals surface area contributed by atoms with Crippen molar-refractivity contribution < 1.29 is 4.79 Å². The molecular weight excluding hydrogens is 342 g/mol. The van der Waals surface area contributed by atoms with Crippen LogP contribution in [0.25, 0.3) is 0 Å². The first-order chi connectivity index (χ1) is 12.4. The van der Waals surface area contributed by atoms with E-state index < -0.39 is 0 Å². The van der Waals surface area contributed by atoms with Gasteiger partial charge in [-0.05, 0) is 49.9 Å². The number of carbonyl (C=O) groups is 1. The highest BCUT2D eigenvalue weighted by Crippen LogP contribution is 2.23. The minimum Gasteiger partial charge on any atom is -0.326 e. The van der Waals surface area contributed by atoms with Gasteiger partial charge in [0, 0.05) is 23.6 Å². The predicted octanol–water partition coefficient (Wildman–Crippen LogP) is 4.89. The molecule has 1 aromatic heterocycles. The summed E-state index contributed by atoms with van der Waals surface area (Å²) in [6.45, 7) is 8.30. The number of hydrogen-bond donors (Lipinski definition) is 1. The Morgan fingerprint density at radius 3 is 2.69 bits per heavy atom. The number of aryl methyl sites for hydroxylation is 2. The van der Waals surface area contributed by atoms with Crippen LogP contribution >= 0.6 is 11.8 Å². The number of anilines is 1. The lowest BCUT2D eigenvalue weighted by atomic mass is 10.1. The van der Waals surface area contributed by atoms with Crippen LogP contribution in [0.4, 0.5) is 5.69 Å². The molecule has 26 heavy (non-hydrogen) atoms. The molecule has 1 aromatic carbocycles. The SMILES string of the molecule is Cc1ccc(NC(=O)CCSc2nc(CC(C)C)ccc2C#N)c(C)c1. The van der Waals surface area contributed by atoms with Crippen LogP contribution in [0.5, 0.6) is 0 Å². The van der Waals surface area contributed by atoms with Gasteiger partial charge in [0.1, 0.15) is 11.1 Å². The first-order valence-corrected chi connectivity index (χ1v) is 9.77. The number of nitriles is 1. The first kappa shape index (κ1) is 20.0. The fourth-order valence-corrected chi connectivity index (χ4v) is 3.54. The average molecular weight is 368 g/mol. The number of nitrogens with zero attached hydrogens (tertiary/aromatic N) is 2. The Hall–Kier alpha value is -2.32. The van der Waals surface area contributed by atoms with Gasteiger partial charge < -0.3 is 5.32 Å². The van der Waals surface area contributed by atoms with Crippen molar-refractivity contribution in [2.24, 2.45) is 5.92 Å². The zero-order chi connectivity index (χ0) is 19.1. The van der Waals surface area contributed by atoms with E-state index in [1.165, 1.54) is 17.3 Å². The Balaban J connectivity index is 1.94. The number of thioether (sulfide) groups is 1. The fourth-order valence-electron chi connectivity index (χ4n) is 2.61. The minimum absolute atomic E-state index is 0.0266. The van der Waals surface area contributed by atoms with Gasteiger partial charge in [0.15, 0.2) is 0 Å². The monoisotopic (exact) mass is 367 g/mol. The third kappa shape index (κ3) is 5.89. The Morgan fingerprint density at radius 1 is 1.27 bits per heavy atom. The van der Waals surface area contributed by atoms with Crippen LogP contribution in [-0.4, -0.2) is 16.6 Å². The molecule has 0 atom stereocenters. The number of pyridine rings is 1. The van der Waals surface area contributed by atoms with Crippen molar-refractivity contribution in [3.8, 4) is 6.07 Å². The summed E-state index contributed by atoms with van der Waals surface area (Å²) in [5.41, 5.74) is 4.63. The Labute approximate surface area is 160 Å². The minimum atomic E-state index is -0.0266. The summed E-state index contributed by atoms with van der Waals surface area (Å²) in [4.78, 5) is 16.8. The molecular formula is C21H25N3OS. The van der Waals surface area contributed by atoms with Gasteiger partial charge in [-0.1, -0.05) is 31.5 Å². The number of benzene rings is 1. The molecule has 0 saturated carbocycles. The topological polar surface area (TPSA) is 65.8 Å². The van der Waals surface area contributed by atoms with Gasteiger partial charge in [-0.3, -0.25) is 4.79 Å². The molecule has 1 heterocycles. The van der Waals surface area contributed by atoms with Crippen LogP contribution in [0.3, 0.4) is 0 Å². The Morgan fingerprint density at radius 2 is 2.04 bits per heavy atom. The zero-order valence-electron chi connectivity index (χ0n) is 15.8. The molecule has 0 fully saturated rings. The molecule has 0 spiro atoms. The van der Waals surface area contributed by atoms with Gasteiger partial charge in [-0.15, -0.1) is 11.8 Å². The molecule has 136 valence electrons. The normalized spacial score (nSPS) is 10.6. The molecule has 0 aliphatic rings. The highest BCUT2D eigenvalue weighted by atomic mass is 32.2. The van der Waals surface area contributed by atoms with Gasteiger partial charge in [-0.25, -0.2) is 4.98 Å². The van der Waals surface area contributed by atoms with E-state index in [0.717, 1.165) is 23.4 Å². The van der Waals surface area contributed by atoms with Gasteiger partial charge in [-0.2, -0.15) is 5.26 Å². The molecule has 5 heteroatoms. The van der Waals surface area contributed by atoms with E-state index in [0.29, 0.717) is 28.7 Å². The number of aromatic nitrogens is 1. The Kier molecular flexibility index (Phi) is 7.23. The van der Waals surface area contributed by atoms with E-state index in [9.17, 15) is 10.1 Å². The predicted molar refractivity (Wildman–Crippen MR) is 107 cm³/mol. The molecule has 1 N–H and O–H groups in total. The molecule has 1 amide bonds. The second-order valence-corrected chi connectivity index (χ2v) is 7.91. The first-order valence-electron chi connectivity index (χ1n) is 8.79. The molecule has 0 aliphatic heterocycles. The molecule has 0 saturated heterocycles. The summed E-state index contributed by atoms with van der Waals surface area (Å²) in [5, 5.41) is 12.9. The average Bonchev–Trinajstić information content (AvgIpc) is 2.57. The number of carbonyl (C=O) groups excluding carboxylic acids is 1. The molecule has 0 aliphatic carbocycles. The third-order valence-electron chi connectivity index (χ3n) is 3.88. The van der Waals surface area contributed by atoms with Crippen molar-refractivity contribution in [1.29, 1.82) is 5.26 Å². The molecule has 0 radical (unpaired) electrons. The molecule has 4 nitrogen and oxygen atoms in total. The second-order valence-electron chi connectivity index (χ2n) is 6.83. The van der Waals surface area contributed by atoms with Crippen LogP contribution in [-0.2, 0) is 11.2 Å². The number of rotatable bonds is 7. The highest BCUT2D eigenvalue weighted by Gasteiger charge is 2.10. The summed E-state index contributed by atoms with van der Waals surface area (Å²) < 4.78 is 0. The molecule has 0 bridgehead atoms. The van der Waals surface area contributed by atoms with Crippen LogP contribution in [0, 0.1) is 31.1 Å². The van der Waals surface area contributed by atoms with Gasteiger partial charge in [0.05, 0.1) is 5.56 Å². The standard InChI is InChI=1S/C21H25N3OS/c1-14(2)11-18-7-6-17(13-22)21(23-18)26-10-9-20(25)24-19-8-5-15(3)12-16(19)4/h5-8,12,14H,9-11H2,1-4H3,(H,24,25). The smallest absolute Gasteiger partial charge is 0.225 e. The van der Waals surface area contributed by atoms with Gasteiger partial charge in [0.25, 0.3) is 0 Å². The zero-order valence-corrected chi connectivity index (χ0v) is 16.6. The lowest BCUT2D eigenvalue weighted by Crippen LogP contribution is -2.13. The maximum Gasteiger partial charge on any atom is 0.225 e. The van der Waals surface area contributed by atoms with Crippen molar-refractivity contribution in [3.05, 3.63) is 52.7 Å². The van der Waals surface area contributed by atoms with E-state index in [2.05, 4.69) is 30.2 Å². The maximum atomic E-state index is 12.2. The Bertz CT molecular complexity index is 824. The number of nitrogens with one attached hydrogen (secondary N) is 1. The van der Waals surface area contributed by atoms with E-state index in [1.807, 2.05) is 44.2 Å². The lowest BCUT2D eigenvalue weighted by molar-refractivity contribution is -0.115. The van der Waals surface area contributed by atoms with E-state index >= 15 is 0 Å².